The van der Waals surface area contributed by atoms with Gasteiger partial charge in [0.2, 0.25) is 0 Å². The zero-order chi connectivity index (χ0) is 19.4. The van der Waals surface area contributed by atoms with Crippen LogP contribution in [0.15, 0.2) is 47.4 Å². The van der Waals surface area contributed by atoms with Gasteiger partial charge in [0, 0.05) is 23.6 Å². The van der Waals surface area contributed by atoms with Crippen LogP contribution in [-0.4, -0.2) is 35.8 Å². The summed E-state index contributed by atoms with van der Waals surface area (Å²) in [5, 5.41) is 4.06. The Bertz CT molecular complexity index is 1000. The molecule has 0 bridgehead atoms. The van der Waals surface area contributed by atoms with Crippen molar-refractivity contribution in [1.82, 2.24) is 4.98 Å². The summed E-state index contributed by atoms with van der Waals surface area (Å²) in [5.41, 5.74) is 0.911. The van der Waals surface area contributed by atoms with E-state index in [1.165, 1.54) is 13.2 Å². The summed E-state index contributed by atoms with van der Waals surface area (Å²) in [5.74, 6) is 0.866. The molecule has 1 unspecified atom stereocenters. The second-order valence-electron chi connectivity index (χ2n) is 5.68. The predicted octanol–water partition coefficient (Wildman–Crippen LogP) is 4.53. The maximum Gasteiger partial charge on any atom is 0.148 e. The molecule has 27 heavy (non-hydrogen) atoms. The van der Waals surface area contributed by atoms with Gasteiger partial charge >= 0.3 is 0 Å². The lowest BCUT2D eigenvalue weighted by Gasteiger charge is -2.12. The van der Waals surface area contributed by atoms with Gasteiger partial charge in [0.1, 0.15) is 17.4 Å². The molecular weight excluding hydrogens is 391 g/mol. The lowest BCUT2D eigenvalue weighted by Crippen LogP contribution is -2.06. The van der Waals surface area contributed by atoms with E-state index in [0.29, 0.717) is 39.4 Å². The first-order valence-electron chi connectivity index (χ1n) is 8.10. The number of rotatable bonds is 7. The van der Waals surface area contributed by atoms with Crippen LogP contribution in [0.1, 0.15) is 0 Å². The standard InChI is InChI=1S/C19H18ClFN2O3S/c1-25-7-8-27(24)18-9-12-3-6-19(23-16(12)11-17(18)26-2)22-15-5-4-13(20)10-14(15)21/h3-6,9-11H,7-8H2,1-2H3,(H,22,23). The summed E-state index contributed by atoms with van der Waals surface area (Å²) in [6, 6.07) is 11.4. The summed E-state index contributed by atoms with van der Waals surface area (Å²) < 4.78 is 36.8. The molecule has 0 saturated carbocycles. The molecule has 2 aromatic carbocycles. The highest BCUT2D eigenvalue weighted by atomic mass is 35.5. The van der Waals surface area contributed by atoms with Gasteiger partial charge in [0.25, 0.3) is 0 Å². The lowest BCUT2D eigenvalue weighted by atomic mass is 10.2. The number of hydrogen-bond acceptors (Lipinski definition) is 5. The molecule has 0 amide bonds. The van der Waals surface area contributed by atoms with E-state index < -0.39 is 16.6 Å². The average molecular weight is 409 g/mol. The zero-order valence-electron chi connectivity index (χ0n) is 14.8. The Labute approximate surface area is 163 Å². The van der Waals surface area contributed by atoms with Gasteiger partial charge in [-0.1, -0.05) is 11.6 Å². The van der Waals surface area contributed by atoms with E-state index >= 15 is 0 Å². The Morgan fingerprint density at radius 3 is 2.70 bits per heavy atom. The molecule has 3 aromatic rings. The van der Waals surface area contributed by atoms with Crippen LogP contribution in [0.3, 0.4) is 0 Å². The summed E-state index contributed by atoms with van der Waals surface area (Å²) in [7, 11) is 1.84. The molecule has 0 aliphatic rings. The molecule has 0 radical (unpaired) electrons. The van der Waals surface area contributed by atoms with Crippen LogP contribution < -0.4 is 10.1 Å². The van der Waals surface area contributed by atoms with Crippen molar-refractivity contribution in [2.45, 2.75) is 4.90 Å². The van der Waals surface area contributed by atoms with E-state index in [-0.39, 0.29) is 5.69 Å². The largest absolute Gasteiger partial charge is 0.495 e. The highest BCUT2D eigenvalue weighted by molar-refractivity contribution is 7.85. The van der Waals surface area contributed by atoms with Crippen LogP contribution in [0.2, 0.25) is 5.02 Å². The fourth-order valence-corrected chi connectivity index (χ4v) is 3.86. The second-order valence-corrected chi connectivity index (χ2v) is 7.66. The monoisotopic (exact) mass is 408 g/mol. The van der Waals surface area contributed by atoms with Crippen molar-refractivity contribution < 1.29 is 18.1 Å². The van der Waals surface area contributed by atoms with Crippen LogP contribution in [0.5, 0.6) is 5.75 Å². The molecule has 1 aromatic heterocycles. The number of anilines is 2. The van der Waals surface area contributed by atoms with E-state index in [1.54, 1.807) is 37.4 Å². The lowest BCUT2D eigenvalue weighted by molar-refractivity contribution is 0.218. The zero-order valence-corrected chi connectivity index (χ0v) is 16.4. The number of fused-ring (bicyclic) bond motifs is 1. The number of methoxy groups -OCH3 is 2. The normalized spacial score (nSPS) is 12.1. The topological polar surface area (TPSA) is 60.5 Å². The Hall–Kier alpha value is -2.22. The fraction of sp³-hybridized carbons (Fsp3) is 0.211. The molecule has 0 fully saturated rings. The third-order valence-corrected chi connectivity index (χ3v) is 5.47. The van der Waals surface area contributed by atoms with Crippen LogP contribution >= 0.6 is 11.6 Å². The quantitative estimate of drug-likeness (QED) is 0.622. The minimum Gasteiger partial charge on any atom is -0.495 e. The van der Waals surface area contributed by atoms with Crippen molar-refractivity contribution in [3.05, 3.63) is 53.3 Å². The van der Waals surface area contributed by atoms with E-state index in [2.05, 4.69) is 10.3 Å². The average Bonchev–Trinajstić information content (AvgIpc) is 2.67. The van der Waals surface area contributed by atoms with E-state index in [9.17, 15) is 8.60 Å². The van der Waals surface area contributed by atoms with Gasteiger partial charge in [-0.25, -0.2) is 9.37 Å². The molecule has 0 aliphatic heterocycles. The SMILES string of the molecule is COCCS(=O)c1cc2ccc(Nc3ccc(Cl)cc3F)nc2cc1OC. The highest BCUT2D eigenvalue weighted by Crippen LogP contribution is 2.30. The molecule has 8 heteroatoms. The number of aromatic nitrogens is 1. The Morgan fingerprint density at radius 2 is 2.00 bits per heavy atom. The van der Waals surface area contributed by atoms with E-state index in [1.807, 2.05) is 6.07 Å². The minimum atomic E-state index is -1.25. The Kier molecular flexibility index (Phi) is 6.26. The first-order valence-corrected chi connectivity index (χ1v) is 9.79. The van der Waals surface area contributed by atoms with Gasteiger partial charge in [-0.3, -0.25) is 4.21 Å². The number of nitrogens with one attached hydrogen (secondary N) is 1. The van der Waals surface area contributed by atoms with Crippen molar-refractivity contribution in [1.29, 1.82) is 0 Å². The van der Waals surface area contributed by atoms with Gasteiger partial charge < -0.3 is 14.8 Å². The predicted molar refractivity (Wildman–Crippen MR) is 106 cm³/mol. The molecule has 0 aliphatic carbocycles. The Balaban J connectivity index is 1.94. The number of benzene rings is 2. The van der Waals surface area contributed by atoms with Crippen LogP contribution in [0.25, 0.3) is 10.9 Å². The van der Waals surface area contributed by atoms with Gasteiger partial charge in [-0.15, -0.1) is 0 Å². The number of hydrogen-bond donors (Lipinski definition) is 1. The summed E-state index contributed by atoms with van der Waals surface area (Å²) in [6.07, 6.45) is 0. The third-order valence-electron chi connectivity index (χ3n) is 3.89. The van der Waals surface area contributed by atoms with Gasteiger partial charge in [-0.2, -0.15) is 0 Å². The summed E-state index contributed by atoms with van der Waals surface area (Å²) in [4.78, 5) is 5.08. The molecule has 1 N–H and O–H groups in total. The molecule has 5 nitrogen and oxygen atoms in total. The van der Waals surface area contributed by atoms with Crippen molar-refractivity contribution in [2.24, 2.45) is 0 Å². The van der Waals surface area contributed by atoms with Crippen LogP contribution in [-0.2, 0) is 15.5 Å². The van der Waals surface area contributed by atoms with Crippen LogP contribution in [0, 0.1) is 5.82 Å². The van der Waals surface area contributed by atoms with Crippen molar-refractivity contribution in [2.75, 3.05) is 31.9 Å². The number of pyridine rings is 1. The maximum atomic E-state index is 14.0. The fourth-order valence-electron chi connectivity index (χ4n) is 2.54. The molecule has 0 saturated heterocycles. The smallest absolute Gasteiger partial charge is 0.148 e. The van der Waals surface area contributed by atoms with E-state index in [0.717, 1.165) is 5.39 Å². The van der Waals surface area contributed by atoms with Gasteiger partial charge in [0.15, 0.2) is 0 Å². The Morgan fingerprint density at radius 1 is 1.19 bits per heavy atom. The minimum absolute atomic E-state index is 0.274. The maximum absolute atomic E-state index is 14.0. The van der Waals surface area contributed by atoms with Crippen LogP contribution in [0.4, 0.5) is 15.9 Å². The number of ether oxygens (including phenoxy) is 2. The molecule has 1 atom stereocenters. The van der Waals surface area contributed by atoms with E-state index in [4.69, 9.17) is 21.1 Å². The van der Waals surface area contributed by atoms with Crippen molar-refractivity contribution >= 4 is 44.8 Å². The van der Waals surface area contributed by atoms with Crippen molar-refractivity contribution in [3.8, 4) is 5.75 Å². The highest BCUT2D eigenvalue weighted by Gasteiger charge is 2.14. The second kappa shape index (κ2) is 8.65. The van der Waals surface area contributed by atoms with Crippen molar-refractivity contribution in [3.63, 3.8) is 0 Å². The summed E-state index contributed by atoms with van der Waals surface area (Å²) in [6.45, 7) is 0.390. The first-order chi connectivity index (χ1) is 13.0. The van der Waals surface area contributed by atoms with Gasteiger partial charge in [0.05, 0.1) is 46.4 Å². The third kappa shape index (κ3) is 4.55. The van der Waals surface area contributed by atoms with Gasteiger partial charge in [-0.05, 0) is 36.4 Å². The summed E-state index contributed by atoms with van der Waals surface area (Å²) >= 11 is 5.77. The molecule has 1 heterocycles. The molecule has 3 rings (SSSR count). The number of nitrogens with zero attached hydrogens (tertiary/aromatic N) is 1. The first kappa shape index (κ1) is 19.5. The molecule has 0 spiro atoms. The number of halogens is 2. The molecular formula is C19H18ClFN2O3S. The molecule has 142 valence electrons.